The molecule has 3 amide bonds. The summed E-state index contributed by atoms with van der Waals surface area (Å²) in [5, 5.41) is 2.62. The molecule has 0 unspecified atom stereocenters. The molecule has 184 valence electrons. The van der Waals surface area contributed by atoms with Gasteiger partial charge in [-0.2, -0.15) is 0 Å². The summed E-state index contributed by atoms with van der Waals surface area (Å²) in [5.41, 5.74) is 4.49. The van der Waals surface area contributed by atoms with E-state index in [0.717, 1.165) is 16.0 Å². The Morgan fingerprint density at radius 3 is 2.39 bits per heavy atom. The molecule has 1 fully saturated rings. The van der Waals surface area contributed by atoms with Crippen LogP contribution < -0.4 is 14.8 Å². The molecule has 1 N–H and O–H groups in total. The first-order valence-electron chi connectivity index (χ1n) is 11.5. The second-order valence-corrected chi connectivity index (χ2v) is 8.48. The molecule has 0 radical (unpaired) electrons. The Bertz CT molecular complexity index is 1310. The average Bonchev–Trinajstić information content (AvgIpc) is 3.12. The number of nitrogens with zero attached hydrogens (tertiary/aromatic N) is 1. The van der Waals surface area contributed by atoms with Gasteiger partial charge >= 0.3 is 6.03 Å². The number of aryl methyl sites for hydroxylation is 1. The van der Waals surface area contributed by atoms with Crippen LogP contribution >= 0.6 is 0 Å². The Hall–Kier alpha value is -4.39. The van der Waals surface area contributed by atoms with E-state index in [1.807, 2.05) is 37.3 Å². The third kappa shape index (κ3) is 5.63. The number of amides is 3. The van der Waals surface area contributed by atoms with Gasteiger partial charge < -0.3 is 14.8 Å². The van der Waals surface area contributed by atoms with Gasteiger partial charge in [-0.25, -0.2) is 9.18 Å². The number of nitrogens with one attached hydrogen (secondary N) is 1. The summed E-state index contributed by atoms with van der Waals surface area (Å²) in [7, 11) is 1.55. The molecule has 3 aromatic rings. The highest BCUT2D eigenvalue weighted by atomic mass is 19.1. The molecule has 6 nitrogen and oxygen atoms in total. The predicted octanol–water partition coefficient (Wildman–Crippen LogP) is 5.54. The van der Waals surface area contributed by atoms with E-state index >= 15 is 0 Å². The van der Waals surface area contributed by atoms with Gasteiger partial charge in [-0.3, -0.25) is 9.69 Å². The number of carbonyl (C=O) groups is 2. The van der Waals surface area contributed by atoms with Gasteiger partial charge in [0.05, 0.1) is 13.7 Å². The van der Waals surface area contributed by atoms with Crippen LogP contribution in [0.15, 0.2) is 79.0 Å². The smallest absolute Gasteiger partial charge is 0.329 e. The molecule has 4 rings (SSSR count). The Morgan fingerprint density at radius 1 is 1.03 bits per heavy atom. The second kappa shape index (κ2) is 10.9. The Labute approximate surface area is 209 Å². The number of urea groups is 1. The van der Waals surface area contributed by atoms with Crippen molar-refractivity contribution in [2.75, 3.05) is 7.11 Å². The van der Waals surface area contributed by atoms with Gasteiger partial charge in [-0.05, 0) is 60.4 Å². The van der Waals surface area contributed by atoms with Crippen molar-refractivity contribution < 1.29 is 23.5 Å². The summed E-state index contributed by atoms with van der Waals surface area (Å²) in [4.78, 5) is 26.5. The molecule has 0 atom stereocenters. The van der Waals surface area contributed by atoms with Crippen LogP contribution in [0.3, 0.4) is 0 Å². The molecule has 1 heterocycles. The molecule has 0 bridgehead atoms. The van der Waals surface area contributed by atoms with Crippen molar-refractivity contribution in [1.82, 2.24) is 10.2 Å². The number of allylic oxidation sites excluding steroid dienone is 1. The van der Waals surface area contributed by atoms with Crippen molar-refractivity contribution in [2.45, 2.75) is 26.5 Å². The standard InChI is InChI=1S/C29H27FN2O4/c1-4-5-23-14-22(16-26(35-3)27(23)36-18-21-8-6-19(2)7-9-21)15-25-28(33)32(29(34)31-25)17-20-10-12-24(30)13-11-20/h4,6-16H,1,5,17-18H2,2-3H3,(H,31,34)/b25-15-. The minimum Gasteiger partial charge on any atom is -0.493 e. The van der Waals surface area contributed by atoms with Gasteiger partial charge in [0.1, 0.15) is 18.1 Å². The normalized spacial score (nSPS) is 14.2. The highest BCUT2D eigenvalue weighted by molar-refractivity contribution is 6.13. The third-order valence-corrected chi connectivity index (χ3v) is 5.77. The first kappa shape index (κ1) is 24.7. The van der Waals surface area contributed by atoms with Crippen molar-refractivity contribution in [2.24, 2.45) is 0 Å². The number of rotatable bonds is 9. The van der Waals surface area contributed by atoms with Crippen LogP contribution in [0.4, 0.5) is 9.18 Å². The van der Waals surface area contributed by atoms with Crippen molar-refractivity contribution >= 4 is 18.0 Å². The van der Waals surface area contributed by atoms with E-state index in [1.54, 1.807) is 37.5 Å². The number of halogens is 1. The highest BCUT2D eigenvalue weighted by Gasteiger charge is 2.33. The summed E-state index contributed by atoms with van der Waals surface area (Å²) >= 11 is 0. The van der Waals surface area contributed by atoms with Crippen LogP contribution in [0.5, 0.6) is 11.5 Å². The summed E-state index contributed by atoms with van der Waals surface area (Å²) in [6, 6.07) is 16.9. The number of benzene rings is 3. The zero-order chi connectivity index (χ0) is 25.7. The fourth-order valence-corrected chi connectivity index (χ4v) is 3.88. The molecular weight excluding hydrogens is 459 g/mol. The van der Waals surface area contributed by atoms with Crippen molar-refractivity contribution in [3.63, 3.8) is 0 Å². The van der Waals surface area contributed by atoms with E-state index in [1.165, 1.54) is 17.7 Å². The summed E-state index contributed by atoms with van der Waals surface area (Å²) in [5.74, 6) is 0.258. The predicted molar refractivity (Wildman–Crippen MR) is 136 cm³/mol. The van der Waals surface area contributed by atoms with Crippen molar-refractivity contribution in [1.29, 1.82) is 0 Å². The Kier molecular flexibility index (Phi) is 7.49. The molecule has 1 saturated heterocycles. The number of hydrogen-bond acceptors (Lipinski definition) is 4. The fourth-order valence-electron chi connectivity index (χ4n) is 3.88. The lowest BCUT2D eigenvalue weighted by molar-refractivity contribution is -0.123. The zero-order valence-corrected chi connectivity index (χ0v) is 20.2. The van der Waals surface area contributed by atoms with Crippen molar-refractivity contribution in [3.8, 4) is 11.5 Å². The summed E-state index contributed by atoms with van der Waals surface area (Å²) in [6.07, 6.45) is 3.88. The lowest BCUT2D eigenvalue weighted by Gasteiger charge is -2.16. The highest BCUT2D eigenvalue weighted by Crippen LogP contribution is 2.35. The van der Waals surface area contributed by atoms with E-state index < -0.39 is 11.9 Å². The van der Waals surface area contributed by atoms with Crippen LogP contribution in [0.25, 0.3) is 6.08 Å². The summed E-state index contributed by atoms with van der Waals surface area (Å²) < 4.78 is 24.9. The Morgan fingerprint density at radius 2 is 1.72 bits per heavy atom. The first-order valence-corrected chi connectivity index (χ1v) is 11.5. The lowest BCUT2D eigenvalue weighted by Crippen LogP contribution is -2.30. The van der Waals surface area contributed by atoms with Crippen LogP contribution in [0.1, 0.15) is 27.8 Å². The molecule has 0 spiro atoms. The van der Waals surface area contributed by atoms with Crippen LogP contribution in [0.2, 0.25) is 0 Å². The molecule has 1 aliphatic rings. The Balaban J connectivity index is 1.58. The van der Waals surface area contributed by atoms with E-state index in [-0.39, 0.29) is 18.1 Å². The molecular formula is C29H27FN2O4. The number of imide groups is 1. The fraction of sp³-hybridized carbons (Fsp3) is 0.172. The van der Waals surface area contributed by atoms with Gasteiger partial charge in [-0.15, -0.1) is 6.58 Å². The average molecular weight is 487 g/mol. The maximum absolute atomic E-state index is 13.2. The largest absolute Gasteiger partial charge is 0.493 e. The van der Waals surface area contributed by atoms with E-state index in [9.17, 15) is 14.0 Å². The van der Waals surface area contributed by atoms with E-state index in [2.05, 4.69) is 11.9 Å². The van der Waals surface area contributed by atoms with Gasteiger partial charge in [0, 0.05) is 5.56 Å². The molecule has 1 aliphatic heterocycles. The molecule has 0 aliphatic carbocycles. The quantitative estimate of drug-likeness (QED) is 0.245. The van der Waals surface area contributed by atoms with Gasteiger partial charge in [-0.1, -0.05) is 48.0 Å². The van der Waals surface area contributed by atoms with Gasteiger partial charge in [0.25, 0.3) is 5.91 Å². The first-order chi connectivity index (χ1) is 17.4. The lowest BCUT2D eigenvalue weighted by atomic mass is 10.0. The van der Waals surface area contributed by atoms with Crippen LogP contribution in [0, 0.1) is 12.7 Å². The second-order valence-electron chi connectivity index (χ2n) is 8.48. The monoisotopic (exact) mass is 486 g/mol. The van der Waals surface area contributed by atoms with Crippen LogP contribution in [-0.4, -0.2) is 23.9 Å². The molecule has 0 saturated carbocycles. The minimum absolute atomic E-state index is 0.0408. The molecule has 3 aromatic carbocycles. The van der Waals surface area contributed by atoms with Gasteiger partial charge in [0.15, 0.2) is 11.5 Å². The number of ether oxygens (including phenoxy) is 2. The number of carbonyl (C=O) groups excluding carboxylic acids is 2. The third-order valence-electron chi connectivity index (χ3n) is 5.77. The topological polar surface area (TPSA) is 67.9 Å². The zero-order valence-electron chi connectivity index (χ0n) is 20.2. The maximum Gasteiger partial charge on any atom is 0.329 e. The maximum atomic E-state index is 13.2. The summed E-state index contributed by atoms with van der Waals surface area (Å²) in [6.45, 7) is 6.28. The minimum atomic E-state index is -0.535. The van der Waals surface area contributed by atoms with Crippen molar-refractivity contribution in [3.05, 3.63) is 113 Å². The van der Waals surface area contributed by atoms with Crippen LogP contribution in [-0.2, 0) is 24.4 Å². The SMILES string of the molecule is C=CCc1cc(/C=C2\NC(=O)N(Cc3ccc(F)cc3)C2=O)cc(OC)c1OCc1ccc(C)cc1. The number of hydrogen-bond donors (Lipinski definition) is 1. The molecule has 36 heavy (non-hydrogen) atoms. The van der Waals surface area contributed by atoms with Gasteiger partial charge in [0.2, 0.25) is 0 Å². The molecule has 0 aromatic heterocycles. The molecule has 7 heteroatoms. The number of methoxy groups -OCH3 is 1. The van der Waals surface area contributed by atoms with E-state index in [0.29, 0.717) is 35.7 Å². The van der Waals surface area contributed by atoms with E-state index in [4.69, 9.17) is 9.47 Å².